The third kappa shape index (κ3) is 2.73. The summed E-state index contributed by atoms with van der Waals surface area (Å²) in [5.74, 6) is -1.10. The molecule has 0 spiro atoms. The Morgan fingerprint density at radius 3 is 2.59 bits per heavy atom. The van der Waals surface area contributed by atoms with E-state index in [1.54, 1.807) is 7.05 Å². The van der Waals surface area contributed by atoms with Crippen LogP contribution in [0, 0.1) is 11.6 Å². The van der Waals surface area contributed by atoms with Gasteiger partial charge in [-0.2, -0.15) is 0 Å². The maximum atomic E-state index is 13.7. The SMILES string of the molecule is CNC(c1csc(Br)c1)c1ccc(F)cc1F. The second-order valence-electron chi connectivity index (χ2n) is 3.57. The molecule has 1 heterocycles. The van der Waals surface area contributed by atoms with Crippen LogP contribution in [0.2, 0.25) is 0 Å². The van der Waals surface area contributed by atoms with Crippen LogP contribution in [0.15, 0.2) is 33.4 Å². The fraction of sp³-hybridized carbons (Fsp3) is 0.167. The zero-order chi connectivity index (χ0) is 12.4. The molecular weight excluding hydrogens is 308 g/mol. The van der Waals surface area contributed by atoms with Gasteiger partial charge in [-0.1, -0.05) is 6.07 Å². The second kappa shape index (κ2) is 5.25. The number of halogens is 3. The molecule has 0 aliphatic heterocycles. The minimum atomic E-state index is -0.562. The van der Waals surface area contributed by atoms with Crippen molar-refractivity contribution in [3.05, 3.63) is 56.2 Å². The molecule has 0 bridgehead atoms. The fourth-order valence-electron chi connectivity index (χ4n) is 1.71. The normalized spacial score (nSPS) is 12.7. The molecule has 1 aromatic heterocycles. The summed E-state index contributed by atoms with van der Waals surface area (Å²) < 4.78 is 27.5. The first kappa shape index (κ1) is 12.7. The van der Waals surface area contributed by atoms with Crippen molar-refractivity contribution in [2.45, 2.75) is 6.04 Å². The highest BCUT2D eigenvalue weighted by molar-refractivity contribution is 9.11. The van der Waals surface area contributed by atoms with Gasteiger partial charge in [0.05, 0.1) is 9.83 Å². The van der Waals surface area contributed by atoms with Crippen molar-refractivity contribution in [2.75, 3.05) is 7.05 Å². The molecule has 0 radical (unpaired) electrons. The van der Waals surface area contributed by atoms with Crippen LogP contribution in [-0.2, 0) is 0 Å². The van der Waals surface area contributed by atoms with E-state index in [9.17, 15) is 8.78 Å². The number of nitrogens with one attached hydrogen (secondary N) is 1. The molecule has 0 fully saturated rings. The lowest BCUT2D eigenvalue weighted by molar-refractivity contribution is 0.552. The predicted octanol–water partition coefficient (Wildman–Crippen LogP) is 4.10. The molecule has 5 heteroatoms. The minimum Gasteiger partial charge on any atom is -0.309 e. The standard InChI is InChI=1S/C12H10BrF2NS/c1-16-12(7-4-11(13)17-6-7)9-3-2-8(14)5-10(9)15/h2-6,12,16H,1H3. The topological polar surface area (TPSA) is 12.0 Å². The Hall–Kier alpha value is -0.780. The van der Waals surface area contributed by atoms with Gasteiger partial charge in [0.2, 0.25) is 0 Å². The third-order valence-corrected chi connectivity index (χ3v) is 4.01. The van der Waals surface area contributed by atoms with Crippen LogP contribution in [0.5, 0.6) is 0 Å². The first-order valence-corrected chi connectivity index (χ1v) is 6.65. The van der Waals surface area contributed by atoms with Gasteiger partial charge in [-0.25, -0.2) is 8.78 Å². The maximum Gasteiger partial charge on any atom is 0.131 e. The predicted molar refractivity (Wildman–Crippen MR) is 69.3 cm³/mol. The van der Waals surface area contributed by atoms with E-state index < -0.39 is 11.6 Å². The zero-order valence-electron chi connectivity index (χ0n) is 9.01. The molecule has 1 N–H and O–H groups in total. The van der Waals surface area contributed by atoms with Gasteiger partial charge in [-0.15, -0.1) is 11.3 Å². The first-order chi connectivity index (χ1) is 8.11. The summed E-state index contributed by atoms with van der Waals surface area (Å²) in [6.07, 6.45) is 0. The smallest absolute Gasteiger partial charge is 0.131 e. The van der Waals surface area contributed by atoms with Crippen molar-refractivity contribution in [1.82, 2.24) is 5.32 Å². The summed E-state index contributed by atoms with van der Waals surface area (Å²) in [7, 11) is 1.75. The van der Waals surface area contributed by atoms with Crippen molar-refractivity contribution < 1.29 is 8.78 Å². The lowest BCUT2D eigenvalue weighted by Gasteiger charge is -2.16. The third-order valence-electron chi connectivity index (χ3n) is 2.48. The molecule has 1 atom stereocenters. The molecule has 1 unspecified atom stereocenters. The average Bonchev–Trinajstić information content (AvgIpc) is 2.69. The van der Waals surface area contributed by atoms with Crippen LogP contribution in [0.4, 0.5) is 8.78 Å². The summed E-state index contributed by atoms with van der Waals surface area (Å²) in [5, 5.41) is 4.97. The molecule has 1 aromatic carbocycles. The van der Waals surface area contributed by atoms with E-state index in [4.69, 9.17) is 0 Å². The van der Waals surface area contributed by atoms with Gasteiger partial charge < -0.3 is 5.32 Å². The molecule has 0 saturated carbocycles. The van der Waals surface area contributed by atoms with Crippen molar-refractivity contribution in [3.63, 3.8) is 0 Å². The fourth-order valence-corrected chi connectivity index (χ4v) is 2.91. The molecule has 0 aliphatic rings. The van der Waals surface area contributed by atoms with Gasteiger partial charge in [0.25, 0.3) is 0 Å². The number of rotatable bonds is 3. The summed E-state index contributed by atoms with van der Waals surface area (Å²) in [6, 6.07) is 5.30. The summed E-state index contributed by atoms with van der Waals surface area (Å²) in [5.41, 5.74) is 1.40. The molecule has 17 heavy (non-hydrogen) atoms. The zero-order valence-corrected chi connectivity index (χ0v) is 11.4. The highest BCUT2D eigenvalue weighted by atomic mass is 79.9. The van der Waals surface area contributed by atoms with E-state index in [2.05, 4.69) is 21.2 Å². The first-order valence-electron chi connectivity index (χ1n) is 4.98. The molecule has 0 saturated heterocycles. The van der Waals surface area contributed by atoms with Gasteiger partial charge >= 0.3 is 0 Å². The van der Waals surface area contributed by atoms with Gasteiger partial charge in [-0.3, -0.25) is 0 Å². The Morgan fingerprint density at radius 1 is 1.29 bits per heavy atom. The highest BCUT2D eigenvalue weighted by Crippen LogP contribution is 2.30. The highest BCUT2D eigenvalue weighted by Gasteiger charge is 2.17. The number of hydrogen-bond acceptors (Lipinski definition) is 2. The largest absolute Gasteiger partial charge is 0.309 e. The maximum absolute atomic E-state index is 13.7. The Balaban J connectivity index is 2.42. The van der Waals surface area contributed by atoms with E-state index in [0.717, 1.165) is 15.4 Å². The van der Waals surface area contributed by atoms with Gasteiger partial charge in [0.1, 0.15) is 11.6 Å². The minimum absolute atomic E-state index is 0.266. The number of benzene rings is 1. The van der Waals surface area contributed by atoms with E-state index in [0.29, 0.717) is 5.56 Å². The molecule has 2 rings (SSSR count). The average molecular weight is 318 g/mol. The van der Waals surface area contributed by atoms with E-state index in [1.165, 1.54) is 23.5 Å². The molecule has 0 aliphatic carbocycles. The van der Waals surface area contributed by atoms with E-state index in [1.807, 2.05) is 11.4 Å². The Kier molecular flexibility index (Phi) is 3.91. The van der Waals surface area contributed by atoms with Gasteiger partial charge in [0, 0.05) is 11.6 Å². The van der Waals surface area contributed by atoms with E-state index >= 15 is 0 Å². The van der Waals surface area contributed by atoms with Crippen LogP contribution in [0.3, 0.4) is 0 Å². The van der Waals surface area contributed by atoms with Crippen molar-refractivity contribution in [3.8, 4) is 0 Å². The second-order valence-corrected chi connectivity index (χ2v) is 5.86. The van der Waals surface area contributed by atoms with Crippen LogP contribution in [0.25, 0.3) is 0 Å². The van der Waals surface area contributed by atoms with Crippen LogP contribution in [0.1, 0.15) is 17.2 Å². The monoisotopic (exact) mass is 317 g/mol. The lowest BCUT2D eigenvalue weighted by atomic mass is 10.0. The number of thiophene rings is 1. The number of hydrogen-bond donors (Lipinski definition) is 1. The van der Waals surface area contributed by atoms with Gasteiger partial charge in [-0.05, 0) is 46.1 Å². The van der Waals surface area contributed by atoms with Crippen LogP contribution in [-0.4, -0.2) is 7.05 Å². The van der Waals surface area contributed by atoms with Crippen LogP contribution >= 0.6 is 27.3 Å². The Morgan fingerprint density at radius 2 is 2.06 bits per heavy atom. The van der Waals surface area contributed by atoms with Crippen LogP contribution < -0.4 is 5.32 Å². The molecular formula is C12H10BrF2NS. The van der Waals surface area contributed by atoms with Crippen molar-refractivity contribution in [1.29, 1.82) is 0 Å². The molecule has 0 amide bonds. The molecule has 2 aromatic rings. The molecule has 1 nitrogen and oxygen atoms in total. The summed E-state index contributed by atoms with van der Waals surface area (Å²) >= 11 is 4.90. The van der Waals surface area contributed by atoms with Crippen molar-refractivity contribution in [2.24, 2.45) is 0 Å². The van der Waals surface area contributed by atoms with E-state index in [-0.39, 0.29) is 6.04 Å². The lowest BCUT2D eigenvalue weighted by Crippen LogP contribution is -2.18. The van der Waals surface area contributed by atoms with Crippen molar-refractivity contribution >= 4 is 27.3 Å². The quantitative estimate of drug-likeness (QED) is 0.898. The Labute approximate surface area is 111 Å². The summed E-state index contributed by atoms with van der Waals surface area (Å²) in [4.78, 5) is 0. The Bertz CT molecular complexity index is 527. The van der Waals surface area contributed by atoms with Gasteiger partial charge in [0.15, 0.2) is 0 Å². The summed E-state index contributed by atoms with van der Waals surface area (Å²) in [6.45, 7) is 0. The molecule has 90 valence electrons.